The molecule has 3 rings (SSSR count). The normalized spacial score (nSPS) is 19.2. The number of likely N-dealkylation sites (N-methyl/N-ethyl adjacent to an activating group) is 1. The minimum atomic E-state index is -3.68. The highest BCUT2D eigenvalue weighted by Gasteiger charge is 2.34. The first kappa shape index (κ1) is 21.7. The number of pyridine rings is 1. The molecule has 0 atom stereocenters. The summed E-state index contributed by atoms with van der Waals surface area (Å²) in [6, 6.07) is 3.20. The monoisotopic (exact) mass is 426 g/mol. The molecule has 1 aromatic heterocycles. The van der Waals surface area contributed by atoms with Crippen LogP contribution in [0.1, 0.15) is 25.7 Å². The lowest BCUT2D eigenvalue weighted by molar-refractivity contribution is -0.126. The van der Waals surface area contributed by atoms with Gasteiger partial charge in [-0.15, -0.1) is 0 Å². The number of nitrogens with zero attached hydrogens (tertiary/aromatic N) is 2. The molecule has 0 bridgehead atoms. The molecule has 0 radical (unpaired) electrons. The van der Waals surface area contributed by atoms with Gasteiger partial charge in [-0.1, -0.05) is 0 Å². The van der Waals surface area contributed by atoms with Crippen LogP contribution in [0.4, 0.5) is 4.39 Å². The van der Waals surface area contributed by atoms with Crippen molar-refractivity contribution in [3.05, 3.63) is 30.2 Å². The van der Waals surface area contributed by atoms with Crippen LogP contribution in [-0.4, -0.2) is 62.9 Å². The Morgan fingerprint density at radius 2 is 2.03 bits per heavy atom. The first-order valence-corrected chi connectivity index (χ1v) is 11.2. The van der Waals surface area contributed by atoms with Crippen molar-refractivity contribution in [2.45, 2.75) is 36.6 Å². The maximum absolute atomic E-state index is 12.8. The van der Waals surface area contributed by atoms with Crippen LogP contribution in [0.2, 0.25) is 0 Å². The van der Waals surface area contributed by atoms with Gasteiger partial charge < -0.3 is 15.4 Å². The van der Waals surface area contributed by atoms with E-state index in [2.05, 4.69) is 15.6 Å². The number of hydrogen-bond acceptors (Lipinski definition) is 6. The third-order valence-corrected chi connectivity index (χ3v) is 6.94. The average molecular weight is 427 g/mol. The number of amides is 1. The van der Waals surface area contributed by atoms with E-state index in [-0.39, 0.29) is 29.2 Å². The summed E-state index contributed by atoms with van der Waals surface area (Å²) in [5.41, 5.74) is 0.416. The highest BCUT2D eigenvalue weighted by molar-refractivity contribution is 7.89. The molecule has 1 saturated heterocycles. The second kappa shape index (κ2) is 9.64. The van der Waals surface area contributed by atoms with E-state index in [1.165, 1.54) is 22.6 Å². The molecule has 1 aliphatic heterocycles. The molecule has 2 N–H and O–H groups in total. The van der Waals surface area contributed by atoms with Gasteiger partial charge in [-0.2, -0.15) is 4.31 Å². The zero-order valence-electron chi connectivity index (χ0n) is 16.4. The summed E-state index contributed by atoms with van der Waals surface area (Å²) in [4.78, 5) is 16.2. The van der Waals surface area contributed by atoms with E-state index < -0.39 is 10.0 Å². The number of sulfonamides is 1. The maximum Gasteiger partial charge on any atom is 0.244 e. The lowest BCUT2D eigenvalue weighted by Gasteiger charge is -2.30. The van der Waals surface area contributed by atoms with E-state index >= 15 is 0 Å². The number of ether oxygens (including phenoxy) is 1. The summed E-state index contributed by atoms with van der Waals surface area (Å²) in [5.74, 6) is 0.119. The molecule has 160 valence electrons. The molecular weight excluding hydrogens is 399 g/mol. The van der Waals surface area contributed by atoms with Crippen LogP contribution in [0.3, 0.4) is 0 Å². The van der Waals surface area contributed by atoms with Crippen LogP contribution in [-0.2, 0) is 14.8 Å². The Kier molecular flexibility index (Phi) is 7.20. The van der Waals surface area contributed by atoms with Gasteiger partial charge in [-0.25, -0.2) is 17.8 Å². The molecule has 2 fully saturated rings. The lowest BCUT2D eigenvalue weighted by Crippen LogP contribution is -2.43. The van der Waals surface area contributed by atoms with Gasteiger partial charge in [-0.3, -0.25) is 4.79 Å². The van der Waals surface area contributed by atoms with Gasteiger partial charge in [0.25, 0.3) is 0 Å². The van der Waals surface area contributed by atoms with Gasteiger partial charge in [0.1, 0.15) is 11.5 Å². The quantitative estimate of drug-likeness (QED) is 0.616. The number of piperidine rings is 1. The molecule has 29 heavy (non-hydrogen) atoms. The Bertz CT molecular complexity index is 832. The van der Waals surface area contributed by atoms with Gasteiger partial charge >= 0.3 is 0 Å². The number of carbonyl (C=O) groups is 1. The molecule has 0 unspecified atom stereocenters. The number of halogens is 1. The van der Waals surface area contributed by atoms with Crippen LogP contribution in [0.25, 0.3) is 0 Å². The van der Waals surface area contributed by atoms with Crippen LogP contribution in [0.15, 0.2) is 35.1 Å². The van der Waals surface area contributed by atoms with E-state index in [0.29, 0.717) is 50.4 Å². The van der Waals surface area contributed by atoms with E-state index in [1.807, 2.05) is 0 Å². The molecule has 1 aromatic rings. The number of nitrogens with one attached hydrogen (secondary N) is 2. The highest BCUT2D eigenvalue weighted by Crippen LogP contribution is 2.26. The van der Waals surface area contributed by atoms with Gasteiger partial charge in [0.15, 0.2) is 0 Å². The molecule has 2 aliphatic rings. The molecule has 1 saturated carbocycles. The molecule has 10 heteroatoms. The Balaban J connectivity index is 1.54. The van der Waals surface area contributed by atoms with Crippen molar-refractivity contribution in [3.63, 3.8) is 0 Å². The van der Waals surface area contributed by atoms with Crippen molar-refractivity contribution in [2.75, 3.05) is 33.3 Å². The van der Waals surface area contributed by atoms with E-state index in [1.54, 1.807) is 7.05 Å². The second-order valence-electron chi connectivity index (χ2n) is 7.38. The van der Waals surface area contributed by atoms with Gasteiger partial charge in [0.2, 0.25) is 21.8 Å². The zero-order valence-corrected chi connectivity index (χ0v) is 17.3. The Morgan fingerprint density at radius 1 is 1.31 bits per heavy atom. The van der Waals surface area contributed by atoms with E-state index in [0.717, 1.165) is 12.8 Å². The summed E-state index contributed by atoms with van der Waals surface area (Å²) in [5, 5.41) is 5.81. The van der Waals surface area contributed by atoms with Crippen molar-refractivity contribution in [2.24, 2.45) is 5.92 Å². The third kappa shape index (κ3) is 5.74. The van der Waals surface area contributed by atoms with Crippen LogP contribution >= 0.6 is 0 Å². The molecule has 0 spiro atoms. The fourth-order valence-corrected chi connectivity index (χ4v) is 4.59. The zero-order chi connectivity index (χ0) is 20.9. The van der Waals surface area contributed by atoms with Crippen LogP contribution in [0, 0.1) is 5.92 Å². The molecule has 0 aromatic carbocycles. The first-order valence-electron chi connectivity index (χ1n) is 9.76. The second-order valence-corrected chi connectivity index (χ2v) is 9.32. The van der Waals surface area contributed by atoms with Crippen molar-refractivity contribution in [1.29, 1.82) is 0 Å². The molecule has 2 heterocycles. The third-order valence-electron chi connectivity index (χ3n) is 5.06. The maximum atomic E-state index is 12.8. The Morgan fingerprint density at radius 3 is 2.59 bits per heavy atom. The van der Waals surface area contributed by atoms with E-state index in [4.69, 9.17) is 4.74 Å². The fraction of sp³-hybridized carbons (Fsp3) is 0.579. The fourth-order valence-electron chi connectivity index (χ4n) is 3.17. The Labute approximate surface area is 170 Å². The molecule has 1 amide bonds. The number of rotatable bonds is 9. The molecule has 8 nitrogen and oxygen atoms in total. The van der Waals surface area contributed by atoms with Gasteiger partial charge in [-0.05, 0) is 38.8 Å². The predicted molar refractivity (Wildman–Crippen MR) is 105 cm³/mol. The predicted octanol–water partition coefficient (Wildman–Crippen LogP) is 1.21. The largest absolute Gasteiger partial charge is 0.473 e. The summed E-state index contributed by atoms with van der Waals surface area (Å²) < 4.78 is 45.2. The first-order chi connectivity index (χ1) is 13.9. The molecule has 1 aliphatic carbocycles. The topological polar surface area (TPSA) is 101 Å². The van der Waals surface area contributed by atoms with E-state index in [9.17, 15) is 17.6 Å². The highest BCUT2D eigenvalue weighted by atomic mass is 32.2. The van der Waals surface area contributed by atoms with Crippen molar-refractivity contribution in [1.82, 2.24) is 19.9 Å². The Hall–Kier alpha value is -2.04. The molecular formula is C19H27FN4O4S. The SMILES string of the molecule is CNC/C(=C\F)COc1ccc(S(=O)(=O)N2CCC(C(=O)NC3CC3)CC2)cn1. The van der Waals surface area contributed by atoms with Crippen LogP contribution < -0.4 is 15.4 Å². The number of carbonyl (C=O) groups excluding carboxylic acids is 1. The minimum Gasteiger partial charge on any atom is -0.473 e. The van der Waals surface area contributed by atoms with Crippen LogP contribution in [0.5, 0.6) is 5.88 Å². The lowest BCUT2D eigenvalue weighted by atomic mass is 9.97. The minimum absolute atomic E-state index is 0.0207. The van der Waals surface area contributed by atoms with Gasteiger partial charge in [0, 0.05) is 43.2 Å². The summed E-state index contributed by atoms with van der Waals surface area (Å²) in [7, 11) is -1.98. The number of hydrogen-bond donors (Lipinski definition) is 2. The van der Waals surface area contributed by atoms with Gasteiger partial charge in [0.05, 0.1) is 12.5 Å². The van der Waals surface area contributed by atoms with Crippen molar-refractivity contribution < 1.29 is 22.3 Å². The standard InChI is InChI=1S/C19H27FN4O4S/c1-21-11-14(10-20)13-28-18-5-4-17(12-22-18)29(26,27)24-8-6-15(7-9-24)19(25)23-16-2-3-16/h4-5,10,12,15-16,21H,2-3,6-9,11,13H2,1H3,(H,23,25)/b14-10+. The van der Waals surface area contributed by atoms with Crippen molar-refractivity contribution in [3.8, 4) is 5.88 Å². The average Bonchev–Trinajstić information content (AvgIpc) is 3.55. The number of aromatic nitrogens is 1. The smallest absolute Gasteiger partial charge is 0.244 e. The summed E-state index contributed by atoms with van der Waals surface area (Å²) in [6.07, 6.45) is 4.81. The summed E-state index contributed by atoms with van der Waals surface area (Å²) in [6.45, 7) is 0.973. The summed E-state index contributed by atoms with van der Waals surface area (Å²) >= 11 is 0. The van der Waals surface area contributed by atoms with Crippen molar-refractivity contribution >= 4 is 15.9 Å².